The van der Waals surface area contributed by atoms with E-state index in [2.05, 4.69) is 45.5 Å². The minimum atomic E-state index is 0.402. The zero-order chi connectivity index (χ0) is 15.0. The highest BCUT2D eigenvalue weighted by Gasteiger charge is 2.22. The van der Waals surface area contributed by atoms with E-state index in [9.17, 15) is 0 Å². The number of nitrogens with zero attached hydrogens (tertiary/aromatic N) is 4. The highest BCUT2D eigenvalue weighted by Crippen LogP contribution is 2.22. The van der Waals surface area contributed by atoms with Gasteiger partial charge in [0, 0.05) is 36.2 Å². The Morgan fingerprint density at radius 1 is 1.24 bits per heavy atom. The quantitative estimate of drug-likeness (QED) is 0.938. The smallest absolute Gasteiger partial charge is 0.234 e. The lowest BCUT2D eigenvalue weighted by atomic mass is 9.91. The van der Waals surface area contributed by atoms with Crippen LogP contribution in [-0.2, 0) is 6.54 Å². The van der Waals surface area contributed by atoms with E-state index >= 15 is 0 Å². The van der Waals surface area contributed by atoms with Crippen LogP contribution in [0.3, 0.4) is 0 Å². The number of fused-ring (bicyclic) bond motifs is 1. The maximum atomic E-state index is 5.99. The molecule has 0 bridgehead atoms. The third kappa shape index (κ3) is 3.09. The lowest BCUT2D eigenvalue weighted by molar-refractivity contribution is 0.175. The van der Waals surface area contributed by atoms with Crippen molar-refractivity contribution in [2.45, 2.75) is 58.2 Å². The van der Waals surface area contributed by atoms with Crippen LogP contribution in [0.5, 0.6) is 0 Å². The van der Waals surface area contributed by atoms with Crippen molar-refractivity contribution in [1.29, 1.82) is 0 Å². The molecule has 2 aromatic heterocycles. The summed E-state index contributed by atoms with van der Waals surface area (Å²) in [6.07, 6.45) is 6.78. The average Bonchev–Trinajstić information content (AvgIpc) is 2.82. The first-order valence-corrected chi connectivity index (χ1v) is 7.81. The molecule has 0 radical (unpaired) electrons. The van der Waals surface area contributed by atoms with Gasteiger partial charge in [0.2, 0.25) is 5.78 Å². The van der Waals surface area contributed by atoms with Gasteiger partial charge in [-0.3, -0.25) is 9.30 Å². The van der Waals surface area contributed by atoms with Gasteiger partial charge in [0.05, 0.1) is 5.69 Å². The third-order valence-electron chi connectivity index (χ3n) is 4.59. The average molecular weight is 287 g/mol. The molecule has 5 heteroatoms. The molecule has 1 aliphatic rings. The van der Waals surface area contributed by atoms with Gasteiger partial charge in [0.1, 0.15) is 0 Å². The van der Waals surface area contributed by atoms with Crippen LogP contribution >= 0.6 is 0 Å². The van der Waals surface area contributed by atoms with Crippen LogP contribution in [0.15, 0.2) is 12.3 Å². The van der Waals surface area contributed by atoms with E-state index < -0.39 is 0 Å². The molecule has 0 spiro atoms. The van der Waals surface area contributed by atoms with Crippen molar-refractivity contribution in [3.8, 4) is 0 Å². The Kier molecular flexibility index (Phi) is 3.95. The van der Waals surface area contributed by atoms with E-state index in [1.807, 2.05) is 6.92 Å². The molecule has 0 saturated heterocycles. The van der Waals surface area contributed by atoms with Crippen molar-refractivity contribution in [2.24, 2.45) is 5.73 Å². The molecule has 114 valence electrons. The van der Waals surface area contributed by atoms with Gasteiger partial charge < -0.3 is 5.73 Å². The fourth-order valence-electron chi connectivity index (χ4n) is 3.32. The van der Waals surface area contributed by atoms with Gasteiger partial charge in [0.25, 0.3) is 0 Å². The predicted molar refractivity (Wildman–Crippen MR) is 84.2 cm³/mol. The molecule has 3 rings (SSSR count). The van der Waals surface area contributed by atoms with E-state index in [0.717, 1.165) is 36.6 Å². The molecule has 1 saturated carbocycles. The Morgan fingerprint density at radius 2 is 1.95 bits per heavy atom. The lowest BCUT2D eigenvalue weighted by Gasteiger charge is -2.33. The second-order valence-electron chi connectivity index (χ2n) is 6.42. The minimum absolute atomic E-state index is 0.402. The van der Waals surface area contributed by atoms with Crippen molar-refractivity contribution < 1.29 is 0 Å². The van der Waals surface area contributed by atoms with Crippen molar-refractivity contribution in [3.05, 3.63) is 29.3 Å². The number of rotatable bonds is 3. The van der Waals surface area contributed by atoms with Crippen LogP contribution in [0.2, 0.25) is 0 Å². The predicted octanol–water partition coefficient (Wildman–Crippen LogP) is 2.05. The van der Waals surface area contributed by atoms with E-state index in [4.69, 9.17) is 5.73 Å². The Bertz CT molecular complexity index is 625. The molecule has 1 aliphatic carbocycles. The van der Waals surface area contributed by atoms with Crippen molar-refractivity contribution in [2.75, 3.05) is 7.05 Å². The van der Waals surface area contributed by atoms with Gasteiger partial charge in [-0.2, -0.15) is 0 Å². The van der Waals surface area contributed by atoms with Crippen molar-refractivity contribution in [1.82, 2.24) is 19.3 Å². The Labute approximate surface area is 126 Å². The highest BCUT2D eigenvalue weighted by atomic mass is 15.2. The van der Waals surface area contributed by atoms with E-state index in [1.54, 1.807) is 0 Å². The standard InChI is InChI=1S/C16H25N5/c1-11-8-12(2)21-10-14(19-16(21)18-11)9-20(3)15-6-4-13(17)5-7-15/h8,10,13,15H,4-7,9,17H2,1-3H3. The highest BCUT2D eigenvalue weighted by molar-refractivity contribution is 5.34. The maximum Gasteiger partial charge on any atom is 0.234 e. The zero-order valence-corrected chi connectivity index (χ0v) is 13.2. The number of aryl methyl sites for hydroxylation is 2. The van der Waals surface area contributed by atoms with E-state index in [-0.39, 0.29) is 0 Å². The number of imidazole rings is 1. The summed E-state index contributed by atoms with van der Waals surface area (Å²) in [5.41, 5.74) is 9.28. The normalized spacial score (nSPS) is 23.1. The summed E-state index contributed by atoms with van der Waals surface area (Å²) >= 11 is 0. The molecule has 2 aromatic rings. The van der Waals surface area contributed by atoms with Crippen LogP contribution in [0.25, 0.3) is 5.78 Å². The Hall–Kier alpha value is -1.46. The van der Waals surface area contributed by atoms with Crippen LogP contribution < -0.4 is 5.73 Å². The molecule has 0 atom stereocenters. The Morgan fingerprint density at radius 3 is 2.67 bits per heavy atom. The first kappa shape index (κ1) is 14.5. The molecular formula is C16H25N5. The molecule has 0 aliphatic heterocycles. The summed E-state index contributed by atoms with van der Waals surface area (Å²) in [6.45, 7) is 4.99. The van der Waals surface area contributed by atoms with Crippen LogP contribution in [0, 0.1) is 13.8 Å². The van der Waals surface area contributed by atoms with Gasteiger partial charge in [0.15, 0.2) is 0 Å². The fraction of sp³-hybridized carbons (Fsp3) is 0.625. The summed E-state index contributed by atoms with van der Waals surface area (Å²) < 4.78 is 2.08. The van der Waals surface area contributed by atoms with Crippen LogP contribution in [-0.4, -0.2) is 38.4 Å². The first-order chi connectivity index (χ1) is 10.0. The summed E-state index contributed by atoms with van der Waals surface area (Å²) in [6, 6.07) is 3.12. The van der Waals surface area contributed by atoms with Gasteiger partial charge in [-0.05, 0) is 52.6 Å². The summed E-state index contributed by atoms with van der Waals surface area (Å²) in [5, 5.41) is 0. The maximum absolute atomic E-state index is 5.99. The molecule has 21 heavy (non-hydrogen) atoms. The number of hydrogen-bond donors (Lipinski definition) is 1. The molecule has 0 amide bonds. The molecule has 0 aromatic carbocycles. The van der Waals surface area contributed by atoms with Gasteiger partial charge >= 0.3 is 0 Å². The topological polar surface area (TPSA) is 59.5 Å². The third-order valence-corrected chi connectivity index (χ3v) is 4.59. The summed E-state index contributed by atoms with van der Waals surface area (Å²) in [7, 11) is 2.19. The van der Waals surface area contributed by atoms with Crippen molar-refractivity contribution in [3.63, 3.8) is 0 Å². The second kappa shape index (κ2) is 5.73. The monoisotopic (exact) mass is 287 g/mol. The number of aromatic nitrogens is 3. The second-order valence-corrected chi connectivity index (χ2v) is 6.42. The molecular weight excluding hydrogens is 262 g/mol. The van der Waals surface area contributed by atoms with Crippen LogP contribution in [0.4, 0.5) is 0 Å². The zero-order valence-electron chi connectivity index (χ0n) is 13.2. The van der Waals surface area contributed by atoms with Crippen LogP contribution in [0.1, 0.15) is 42.8 Å². The molecule has 5 nitrogen and oxygen atoms in total. The minimum Gasteiger partial charge on any atom is -0.328 e. The number of hydrogen-bond acceptors (Lipinski definition) is 4. The lowest BCUT2D eigenvalue weighted by Crippen LogP contribution is -2.38. The summed E-state index contributed by atoms with van der Waals surface area (Å²) in [4.78, 5) is 11.6. The van der Waals surface area contributed by atoms with E-state index in [0.29, 0.717) is 12.1 Å². The molecule has 0 unspecified atom stereocenters. The largest absolute Gasteiger partial charge is 0.328 e. The fourth-order valence-corrected chi connectivity index (χ4v) is 3.32. The summed E-state index contributed by atoms with van der Waals surface area (Å²) in [5.74, 6) is 0.807. The van der Waals surface area contributed by atoms with Crippen molar-refractivity contribution >= 4 is 5.78 Å². The van der Waals surface area contributed by atoms with E-state index in [1.165, 1.54) is 18.5 Å². The molecule has 2 N–H and O–H groups in total. The first-order valence-electron chi connectivity index (χ1n) is 7.81. The van der Waals surface area contributed by atoms with Gasteiger partial charge in [-0.25, -0.2) is 9.97 Å². The Balaban J connectivity index is 1.74. The SMILES string of the molecule is Cc1cc(C)n2cc(CN(C)C3CCC(N)CC3)nc2n1. The molecule has 2 heterocycles. The van der Waals surface area contributed by atoms with Gasteiger partial charge in [-0.15, -0.1) is 0 Å². The van der Waals surface area contributed by atoms with Gasteiger partial charge in [-0.1, -0.05) is 0 Å². The number of nitrogens with two attached hydrogens (primary N) is 1. The molecule has 1 fully saturated rings.